The van der Waals surface area contributed by atoms with Crippen LogP contribution in [0.5, 0.6) is 0 Å². The Morgan fingerprint density at radius 3 is 1.97 bits per heavy atom. The van der Waals surface area contributed by atoms with Gasteiger partial charge in [0, 0.05) is 36.7 Å². The third kappa shape index (κ3) is 7.78. The number of nitrogens with one attached hydrogen (secondary N) is 3. The van der Waals surface area contributed by atoms with Crippen molar-refractivity contribution in [3.05, 3.63) is 53.1 Å². The van der Waals surface area contributed by atoms with E-state index in [-0.39, 0.29) is 23.6 Å². The van der Waals surface area contributed by atoms with Crippen molar-refractivity contribution in [2.24, 2.45) is 11.8 Å². The highest BCUT2D eigenvalue weighted by Crippen LogP contribution is 2.37. The van der Waals surface area contributed by atoms with Crippen molar-refractivity contribution in [1.82, 2.24) is 5.32 Å². The smallest absolute Gasteiger partial charge is 0.371 e. The first-order chi connectivity index (χ1) is 17.6. The van der Waals surface area contributed by atoms with Crippen LogP contribution in [-0.2, 0) is 12.4 Å². The second-order valence-corrected chi connectivity index (χ2v) is 9.88. The van der Waals surface area contributed by atoms with Crippen LogP contribution in [0.4, 0.5) is 48.2 Å². The van der Waals surface area contributed by atoms with Gasteiger partial charge in [0.25, 0.3) is 5.91 Å². The van der Waals surface area contributed by atoms with E-state index in [1.807, 2.05) is 19.2 Å². The summed E-state index contributed by atoms with van der Waals surface area (Å²) in [6.45, 7) is 7.94. The van der Waals surface area contributed by atoms with Gasteiger partial charge in [0.05, 0.1) is 16.7 Å². The van der Waals surface area contributed by atoms with Crippen molar-refractivity contribution in [3.63, 3.8) is 0 Å². The van der Waals surface area contributed by atoms with Crippen LogP contribution in [0.25, 0.3) is 0 Å². The van der Waals surface area contributed by atoms with Crippen molar-refractivity contribution in [1.29, 1.82) is 0 Å². The number of urea groups is 1. The van der Waals surface area contributed by atoms with Crippen LogP contribution in [0.15, 0.2) is 36.4 Å². The van der Waals surface area contributed by atoms with Crippen LogP contribution < -0.4 is 20.9 Å². The number of carbonyl (C=O) groups is 2. The quantitative estimate of drug-likeness (QED) is 0.343. The van der Waals surface area contributed by atoms with Gasteiger partial charge in [-0.1, -0.05) is 20.8 Å². The van der Waals surface area contributed by atoms with Gasteiger partial charge in [0.15, 0.2) is 0 Å². The topological polar surface area (TPSA) is 73.5 Å². The molecule has 0 atom stereocenters. The molecule has 0 unspecified atom stereocenters. The maximum Gasteiger partial charge on any atom is 0.416 e. The average molecular weight is 545 g/mol. The van der Waals surface area contributed by atoms with E-state index >= 15 is 0 Å². The molecule has 3 rings (SSSR count). The van der Waals surface area contributed by atoms with Gasteiger partial charge in [-0.2, -0.15) is 26.3 Å². The van der Waals surface area contributed by atoms with Gasteiger partial charge in [0.1, 0.15) is 0 Å². The molecule has 0 radical (unpaired) electrons. The van der Waals surface area contributed by atoms with Crippen LogP contribution in [-0.4, -0.2) is 31.6 Å². The molecule has 0 aliphatic carbocycles. The van der Waals surface area contributed by atoms with Gasteiger partial charge >= 0.3 is 18.4 Å². The molecule has 6 nitrogen and oxygen atoms in total. The molecule has 2 aromatic rings. The second kappa shape index (κ2) is 11.5. The minimum atomic E-state index is -5.05. The number of alkyl halides is 6. The highest BCUT2D eigenvalue weighted by Gasteiger charge is 2.37. The number of amides is 3. The molecule has 3 amide bonds. The molecular weight excluding hydrogens is 514 g/mol. The molecule has 0 aromatic heterocycles. The number of carbonyl (C=O) groups excluding carboxylic acids is 2. The fourth-order valence-electron chi connectivity index (χ4n) is 4.03. The number of rotatable bonds is 6. The first-order valence-electron chi connectivity index (χ1n) is 12.2. The molecule has 0 bridgehead atoms. The van der Waals surface area contributed by atoms with Crippen LogP contribution in [0.3, 0.4) is 0 Å². The summed E-state index contributed by atoms with van der Waals surface area (Å²) in [5.41, 5.74) is -2.65. The van der Waals surface area contributed by atoms with Crippen LogP contribution in [0.2, 0.25) is 0 Å². The van der Waals surface area contributed by atoms with E-state index in [1.165, 1.54) is 12.1 Å². The van der Waals surface area contributed by atoms with Crippen LogP contribution in [0.1, 0.15) is 55.1 Å². The largest absolute Gasteiger partial charge is 0.416 e. The molecule has 0 saturated carbocycles. The summed E-state index contributed by atoms with van der Waals surface area (Å²) in [6, 6.07) is 4.38. The van der Waals surface area contributed by atoms with E-state index in [9.17, 15) is 35.9 Å². The van der Waals surface area contributed by atoms with Crippen LogP contribution in [0, 0.1) is 11.8 Å². The molecule has 2 aromatic carbocycles. The predicted octanol–water partition coefficient (Wildman–Crippen LogP) is 6.99. The van der Waals surface area contributed by atoms with E-state index in [0.717, 1.165) is 25.9 Å². The van der Waals surface area contributed by atoms with Gasteiger partial charge in [0.2, 0.25) is 0 Å². The SMILES string of the molecule is CC(C)CNC(=O)c1cc(NC(=O)Nc2cc(C(F)(F)F)cc(C(F)(F)F)c2)ccc1N1CCC(C)CC1. The molecule has 208 valence electrons. The minimum Gasteiger partial charge on any atom is -0.371 e. The Bertz CT molecular complexity index is 1120. The molecular formula is C26H30F6N4O2. The number of nitrogens with zero attached hydrogens (tertiary/aromatic N) is 1. The zero-order chi connectivity index (χ0) is 28.3. The van der Waals surface area contributed by atoms with E-state index in [2.05, 4.69) is 22.5 Å². The van der Waals surface area contributed by atoms with E-state index < -0.39 is 35.2 Å². The minimum absolute atomic E-state index is 0.0226. The van der Waals surface area contributed by atoms with Crippen molar-refractivity contribution in [3.8, 4) is 0 Å². The van der Waals surface area contributed by atoms with Crippen molar-refractivity contribution in [2.45, 2.75) is 46.0 Å². The fourth-order valence-corrected chi connectivity index (χ4v) is 4.03. The summed E-state index contributed by atoms with van der Waals surface area (Å²) < 4.78 is 78.8. The summed E-state index contributed by atoms with van der Waals surface area (Å²) in [6.07, 6.45) is -8.19. The Labute approximate surface area is 216 Å². The van der Waals surface area contributed by atoms with Gasteiger partial charge in [-0.05, 0) is 61.1 Å². The van der Waals surface area contributed by atoms with E-state index in [1.54, 1.807) is 6.07 Å². The molecule has 3 N–H and O–H groups in total. The molecule has 1 aliphatic heterocycles. The Morgan fingerprint density at radius 2 is 1.45 bits per heavy atom. The highest BCUT2D eigenvalue weighted by molar-refractivity contribution is 6.04. The summed E-state index contributed by atoms with van der Waals surface area (Å²) in [4.78, 5) is 27.6. The third-order valence-electron chi connectivity index (χ3n) is 6.14. The lowest BCUT2D eigenvalue weighted by Crippen LogP contribution is -2.35. The number of anilines is 3. The van der Waals surface area contributed by atoms with Crippen LogP contribution >= 0.6 is 0 Å². The molecule has 38 heavy (non-hydrogen) atoms. The monoisotopic (exact) mass is 544 g/mol. The Kier molecular flexibility index (Phi) is 8.83. The molecule has 1 heterocycles. The average Bonchev–Trinajstić information content (AvgIpc) is 2.81. The third-order valence-corrected chi connectivity index (χ3v) is 6.14. The highest BCUT2D eigenvalue weighted by atomic mass is 19.4. The summed E-state index contributed by atoms with van der Waals surface area (Å²) in [7, 11) is 0. The maximum absolute atomic E-state index is 13.1. The second-order valence-electron chi connectivity index (χ2n) is 9.88. The van der Waals surface area contributed by atoms with Gasteiger partial charge in [-0.3, -0.25) is 4.79 Å². The molecule has 0 spiro atoms. The lowest BCUT2D eigenvalue weighted by molar-refractivity contribution is -0.143. The number of hydrogen-bond acceptors (Lipinski definition) is 3. The van der Waals surface area contributed by atoms with Gasteiger partial charge in [-0.25, -0.2) is 4.79 Å². The lowest BCUT2D eigenvalue weighted by atomic mass is 9.97. The summed E-state index contributed by atoms with van der Waals surface area (Å²) in [5.74, 6) is 0.395. The van der Waals surface area contributed by atoms with E-state index in [4.69, 9.17) is 0 Å². The summed E-state index contributed by atoms with van der Waals surface area (Å²) in [5, 5.41) is 7.26. The normalized spacial score (nSPS) is 14.9. The number of hydrogen-bond donors (Lipinski definition) is 3. The molecule has 1 fully saturated rings. The number of benzene rings is 2. The molecule has 1 aliphatic rings. The van der Waals surface area contributed by atoms with Crippen molar-refractivity contribution < 1.29 is 35.9 Å². The van der Waals surface area contributed by atoms with Crippen molar-refractivity contribution >= 4 is 29.0 Å². The summed E-state index contributed by atoms with van der Waals surface area (Å²) >= 11 is 0. The van der Waals surface area contributed by atoms with Gasteiger partial charge in [-0.15, -0.1) is 0 Å². The fraction of sp³-hybridized carbons (Fsp3) is 0.462. The van der Waals surface area contributed by atoms with Crippen molar-refractivity contribution in [2.75, 3.05) is 35.2 Å². The Morgan fingerprint density at radius 1 is 0.895 bits per heavy atom. The van der Waals surface area contributed by atoms with E-state index in [0.29, 0.717) is 35.8 Å². The number of piperidine rings is 1. The Hall–Kier alpha value is -3.44. The standard InChI is InChI=1S/C26H30F6N4O2/c1-15(2)14-33-23(37)21-13-19(4-5-22(21)36-8-6-16(3)7-9-36)34-24(38)35-20-11-17(25(27,28)29)10-18(12-20)26(30,31)32/h4-5,10-13,15-16H,6-9,14H2,1-3H3,(H,33,37)(H2,34,35,38). The zero-order valence-corrected chi connectivity index (χ0v) is 21.2. The number of halogens is 6. The first kappa shape index (κ1) is 29.1. The molecule has 12 heteroatoms. The Balaban J connectivity index is 1.85. The zero-order valence-electron chi connectivity index (χ0n) is 21.2. The first-order valence-corrected chi connectivity index (χ1v) is 12.2. The molecule has 1 saturated heterocycles. The van der Waals surface area contributed by atoms with Gasteiger partial charge < -0.3 is 20.9 Å². The predicted molar refractivity (Wildman–Crippen MR) is 133 cm³/mol. The lowest BCUT2D eigenvalue weighted by Gasteiger charge is -2.33. The maximum atomic E-state index is 13.1.